The van der Waals surface area contributed by atoms with Gasteiger partial charge in [-0.1, -0.05) is 24.3 Å². The van der Waals surface area contributed by atoms with Gasteiger partial charge in [-0.15, -0.1) is 0 Å². The fourth-order valence-electron chi connectivity index (χ4n) is 4.28. The zero-order valence-electron chi connectivity index (χ0n) is 20.4. The first-order chi connectivity index (χ1) is 16.7. The molecule has 1 saturated heterocycles. The van der Waals surface area contributed by atoms with Gasteiger partial charge in [0.2, 0.25) is 10.0 Å². The number of sulfonamides is 1. The van der Waals surface area contributed by atoms with Gasteiger partial charge in [0.05, 0.1) is 28.4 Å². The first-order valence-corrected chi connectivity index (χ1v) is 14.1. The minimum Gasteiger partial charge on any atom is -0.492 e. The minimum absolute atomic E-state index is 0.152. The Morgan fingerprint density at radius 2 is 1.80 bits per heavy atom. The quantitative estimate of drug-likeness (QED) is 0.472. The molecule has 0 bridgehead atoms. The number of carbonyl (C=O) groups excluding carboxylic acids is 1. The Morgan fingerprint density at radius 3 is 2.43 bits per heavy atom. The maximum Gasteiger partial charge on any atom is 0.279 e. The Morgan fingerprint density at radius 1 is 1.11 bits per heavy atom. The maximum absolute atomic E-state index is 13.1. The van der Waals surface area contributed by atoms with Gasteiger partial charge in [0.15, 0.2) is 4.80 Å². The van der Waals surface area contributed by atoms with Crippen molar-refractivity contribution in [2.75, 3.05) is 19.7 Å². The van der Waals surface area contributed by atoms with Gasteiger partial charge in [-0.25, -0.2) is 8.42 Å². The lowest BCUT2D eigenvalue weighted by Gasteiger charge is -2.34. The average molecular weight is 518 g/mol. The number of morpholine rings is 1. The maximum atomic E-state index is 13.1. The number of carbonyl (C=O) groups is 1. The second kappa shape index (κ2) is 10.6. The van der Waals surface area contributed by atoms with E-state index in [4.69, 9.17) is 9.47 Å². The van der Waals surface area contributed by atoms with Crippen molar-refractivity contribution in [3.05, 3.63) is 52.8 Å². The van der Waals surface area contributed by atoms with Crippen LogP contribution in [-0.2, 0) is 21.3 Å². The Hall–Kier alpha value is -2.53. The summed E-state index contributed by atoms with van der Waals surface area (Å²) in [6, 6.07) is 11.8. The molecule has 1 aliphatic heterocycles. The van der Waals surface area contributed by atoms with E-state index in [9.17, 15) is 13.2 Å². The van der Waals surface area contributed by atoms with Gasteiger partial charge in [0, 0.05) is 25.2 Å². The van der Waals surface area contributed by atoms with E-state index >= 15 is 0 Å². The third-order valence-corrected chi connectivity index (χ3v) is 8.62. The molecule has 1 aliphatic rings. The van der Waals surface area contributed by atoms with Crippen LogP contribution in [0.2, 0.25) is 0 Å². The van der Waals surface area contributed by atoms with E-state index in [1.54, 1.807) is 0 Å². The number of aromatic nitrogens is 1. The number of hydrogen-bond donors (Lipinski definition) is 0. The van der Waals surface area contributed by atoms with Crippen LogP contribution in [0.5, 0.6) is 5.75 Å². The third-order valence-electron chi connectivity index (χ3n) is 5.73. The van der Waals surface area contributed by atoms with Crippen molar-refractivity contribution >= 4 is 37.5 Å². The van der Waals surface area contributed by atoms with Crippen molar-refractivity contribution < 1.29 is 22.7 Å². The molecule has 2 heterocycles. The predicted octanol–water partition coefficient (Wildman–Crippen LogP) is 4.05. The van der Waals surface area contributed by atoms with E-state index in [0.717, 1.165) is 22.4 Å². The summed E-state index contributed by atoms with van der Waals surface area (Å²) in [5.74, 6) is 0.349. The summed E-state index contributed by atoms with van der Waals surface area (Å²) in [6.45, 7) is 9.57. The lowest BCUT2D eigenvalue weighted by atomic mass is 10.2. The van der Waals surface area contributed by atoms with Crippen molar-refractivity contribution in [3.63, 3.8) is 0 Å². The van der Waals surface area contributed by atoms with Crippen LogP contribution in [-0.4, -0.2) is 55.1 Å². The van der Waals surface area contributed by atoms with E-state index < -0.39 is 15.9 Å². The van der Waals surface area contributed by atoms with Crippen LogP contribution in [0.3, 0.4) is 0 Å². The first kappa shape index (κ1) is 25.6. The zero-order chi connectivity index (χ0) is 25.2. The number of nitrogens with zero attached hydrogens (tertiary/aromatic N) is 3. The Labute approximate surface area is 209 Å². The van der Waals surface area contributed by atoms with Crippen LogP contribution in [0.1, 0.15) is 44.5 Å². The number of benzene rings is 2. The third kappa shape index (κ3) is 5.35. The topological polar surface area (TPSA) is 90.2 Å². The monoisotopic (exact) mass is 517 g/mol. The van der Waals surface area contributed by atoms with Gasteiger partial charge in [-0.3, -0.25) is 4.79 Å². The fraction of sp³-hybridized carbons (Fsp3) is 0.440. The normalized spacial score (nSPS) is 19.8. The molecule has 0 saturated carbocycles. The van der Waals surface area contributed by atoms with Gasteiger partial charge < -0.3 is 14.0 Å². The molecule has 1 amide bonds. The van der Waals surface area contributed by atoms with Crippen molar-refractivity contribution in [2.24, 2.45) is 4.99 Å². The molecule has 3 aromatic rings. The van der Waals surface area contributed by atoms with Crippen molar-refractivity contribution in [2.45, 2.75) is 57.8 Å². The van der Waals surface area contributed by atoms with Gasteiger partial charge >= 0.3 is 0 Å². The molecule has 10 heteroatoms. The van der Waals surface area contributed by atoms with E-state index in [1.165, 1.54) is 39.9 Å². The second-order valence-electron chi connectivity index (χ2n) is 8.59. The lowest BCUT2D eigenvalue weighted by Crippen LogP contribution is -2.48. The smallest absolute Gasteiger partial charge is 0.279 e. The standard InChI is InChI=1S/C25H31N3O5S2/c1-5-14-28-23-21(32-6-2)8-7-9-22(23)34-25(28)26-24(29)19-10-12-20(13-11-19)35(30,31)27-15-17(3)33-18(4)16-27/h7-13,17-18H,5-6,14-16H2,1-4H3/t17-,18+. The van der Waals surface area contributed by atoms with Crippen LogP contribution in [0.25, 0.3) is 10.2 Å². The molecule has 1 aromatic heterocycles. The van der Waals surface area contributed by atoms with E-state index in [0.29, 0.717) is 36.6 Å². The Bertz CT molecular complexity index is 1370. The van der Waals surface area contributed by atoms with E-state index in [1.807, 2.05) is 43.5 Å². The van der Waals surface area contributed by atoms with Crippen LogP contribution < -0.4 is 9.54 Å². The fourth-order valence-corrected chi connectivity index (χ4v) is 6.95. The summed E-state index contributed by atoms with van der Waals surface area (Å²) in [7, 11) is -3.68. The first-order valence-electron chi connectivity index (χ1n) is 11.8. The summed E-state index contributed by atoms with van der Waals surface area (Å²) < 4.78 is 42.1. The largest absolute Gasteiger partial charge is 0.492 e. The molecular formula is C25H31N3O5S2. The molecule has 4 rings (SSSR count). The highest BCUT2D eigenvalue weighted by atomic mass is 32.2. The Balaban J connectivity index is 1.65. The van der Waals surface area contributed by atoms with Gasteiger partial charge in [-0.2, -0.15) is 9.30 Å². The number of aryl methyl sites for hydroxylation is 1. The molecule has 0 radical (unpaired) electrons. The van der Waals surface area contributed by atoms with Crippen LogP contribution in [0, 0.1) is 0 Å². The summed E-state index contributed by atoms with van der Waals surface area (Å²) in [5.41, 5.74) is 1.27. The molecule has 8 nitrogen and oxygen atoms in total. The molecule has 2 aromatic carbocycles. The molecule has 188 valence electrons. The van der Waals surface area contributed by atoms with Crippen LogP contribution in [0.15, 0.2) is 52.4 Å². The number of rotatable bonds is 7. The summed E-state index contributed by atoms with van der Waals surface area (Å²) in [6.07, 6.45) is 0.527. The Kier molecular flexibility index (Phi) is 7.75. The van der Waals surface area contributed by atoms with Gasteiger partial charge in [0.25, 0.3) is 5.91 Å². The van der Waals surface area contributed by atoms with E-state index in [-0.39, 0.29) is 17.1 Å². The van der Waals surface area contributed by atoms with Crippen molar-refractivity contribution in [1.82, 2.24) is 8.87 Å². The van der Waals surface area contributed by atoms with Gasteiger partial charge in [-0.05, 0) is 63.6 Å². The molecule has 0 N–H and O–H groups in total. The molecule has 0 aliphatic carbocycles. The highest BCUT2D eigenvalue weighted by Crippen LogP contribution is 2.28. The number of fused-ring (bicyclic) bond motifs is 1. The summed E-state index contributed by atoms with van der Waals surface area (Å²) in [4.78, 5) is 18.2. The van der Waals surface area contributed by atoms with Crippen molar-refractivity contribution in [1.29, 1.82) is 0 Å². The van der Waals surface area contributed by atoms with Crippen LogP contribution >= 0.6 is 11.3 Å². The van der Waals surface area contributed by atoms with E-state index in [2.05, 4.69) is 11.9 Å². The highest BCUT2D eigenvalue weighted by Gasteiger charge is 2.32. The molecule has 2 atom stereocenters. The highest BCUT2D eigenvalue weighted by molar-refractivity contribution is 7.89. The number of hydrogen-bond acceptors (Lipinski definition) is 6. The minimum atomic E-state index is -3.68. The SMILES string of the molecule is CCCn1c(=NC(=O)c2ccc(S(=O)(=O)N3C[C@@H](C)O[C@@H](C)C3)cc2)sc2cccc(OCC)c21. The predicted molar refractivity (Wildman–Crippen MR) is 136 cm³/mol. The zero-order valence-corrected chi connectivity index (χ0v) is 22.1. The molecule has 0 unspecified atom stereocenters. The van der Waals surface area contributed by atoms with Gasteiger partial charge in [0.1, 0.15) is 11.3 Å². The summed E-state index contributed by atoms with van der Waals surface area (Å²) >= 11 is 1.43. The molecule has 1 fully saturated rings. The lowest BCUT2D eigenvalue weighted by molar-refractivity contribution is -0.0440. The summed E-state index contributed by atoms with van der Waals surface area (Å²) in [5, 5.41) is 0. The molecular weight excluding hydrogens is 486 g/mol. The number of amides is 1. The number of ether oxygens (including phenoxy) is 2. The second-order valence-corrected chi connectivity index (χ2v) is 11.5. The average Bonchev–Trinajstić information content (AvgIpc) is 3.17. The van der Waals surface area contributed by atoms with Crippen LogP contribution in [0.4, 0.5) is 0 Å². The molecule has 35 heavy (non-hydrogen) atoms. The van der Waals surface area contributed by atoms with Crippen molar-refractivity contribution in [3.8, 4) is 5.75 Å². The number of thiazole rings is 1. The molecule has 0 spiro atoms. The number of para-hydroxylation sites is 1.